The first-order valence-electron chi connectivity index (χ1n) is 13.0. The van der Waals surface area contributed by atoms with E-state index in [0.717, 1.165) is 77.1 Å². The highest BCUT2D eigenvalue weighted by molar-refractivity contribution is 7.14. The van der Waals surface area contributed by atoms with E-state index in [1.54, 1.807) is 17.5 Å². The van der Waals surface area contributed by atoms with Crippen molar-refractivity contribution in [3.63, 3.8) is 0 Å². The van der Waals surface area contributed by atoms with Gasteiger partial charge in [0.05, 0.1) is 46.4 Å². The van der Waals surface area contributed by atoms with Crippen molar-refractivity contribution in [2.75, 3.05) is 18.5 Å². The van der Waals surface area contributed by atoms with E-state index in [4.69, 9.17) is 14.5 Å². The summed E-state index contributed by atoms with van der Waals surface area (Å²) in [5, 5.41) is 28.7. The van der Waals surface area contributed by atoms with Crippen LogP contribution in [-0.4, -0.2) is 56.3 Å². The van der Waals surface area contributed by atoms with Gasteiger partial charge in [-0.1, -0.05) is 11.3 Å². The fourth-order valence-electron chi connectivity index (χ4n) is 5.77. The van der Waals surface area contributed by atoms with Crippen LogP contribution in [-0.2, 0) is 9.47 Å². The average molecular weight is 514 g/mol. The van der Waals surface area contributed by atoms with E-state index in [0.29, 0.717) is 29.7 Å². The predicted octanol–water partition coefficient (Wildman–Crippen LogP) is 4.80. The van der Waals surface area contributed by atoms with Crippen molar-refractivity contribution in [3.8, 4) is 28.0 Å². The van der Waals surface area contributed by atoms with Gasteiger partial charge in [0.15, 0.2) is 5.01 Å². The first-order valence-corrected chi connectivity index (χ1v) is 13.8. The average Bonchev–Trinajstić information content (AvgIpc) is 3.67. The van der Waals surface area contributed by atoms with Crippen molar-refractivity contribution in [3.05, 3.63) is 47.2 Å². The van der Waals surface area contributed by atoms with Gasteiger partial charge in [0.1, 0.15) is 11.1 Å². The van der Waals surface area contributed by atoms with Crippen LogP contribution in [0.4, 0.5) is 5.69 Å². The molecule has 9 nitrogen and oxygen atoms in total. The van der Waals surface area contributed by atoms with Crippen molar-refractivity contribution >= 4 is 22.5 Å². The van der Waals surface area contributed by atoms with Gasteiger partial charge in [-0.2, -0.15) is 10.4 Å². The number of pyridine rings is 1. The number of anilines is 1. The molecule has 37 heavy (non-hydrogen) atoms. The van der Waals surface area contributed by atoms with Crippen molar-refractivity contribution in [1.29, 1.82) is 5.26 Å². The number of hydrogen-bond donors (Lipinski definition) is 1. The lowest BCUT2D eigenvalue weighted by Crippen LogP contribution is -2.28. The van der Waals surface area contributed by atoms with Crippen LogP contribution in [0.2, 0.25) is 0 Å². The van der Waals surface area contributed by atoms with Crippen LogP contribution in [0.15, 0.2) is 36.7 Å². The molecule has 3 aliphatic heterocycles. The molecule has 188 valence electrons. The number of rotatable bonds is 5. The Labute approximate surface area is 218 Å². The van der Waals surface area contributed by atoms with Crippen LogP contribution in [0.1, 0.15) is 55.0 Å². The lowest BCUT2D eigenvalue weighted by Gasteiger charge is -2.26. The van der Waals surface area contributed by atoms with Gasteiger partial charge in [-0.25, -0.2) is 4.52 Å². The molecule has 3 fully saturated rings. The van der Waals surface area contributed by atoms with E-state index in [-0.39, 0.29) is 0 Å². The summed E-state index contributed by atoms with van der Waals surface area (Å²) in [4.78, 5) is 4.83. The van der Waals surface area contributed by atoms with Crippen LogP contribution >= 0.6 is 11.3 Å². The Balaban J connectivity index is 1.24. The molecule has 0 aromatic carbocycles. The van der Waals surface area contributed by atoms with Crippen molar-refractivity contribution in [2.45, 2.75) is 62.7 Å². The van der Waals surface area contributed by atoms with Crippen LogP contribution in [0, 0.1) is 11.3 Å². The van der Waals surface area contributed by atoms with E-state index in [2.05, 4.69) is 32.7 Å². The molecule has 7 rings (SSSR count). The zero-order chi connectivity index (χ0) is 24.8. The SMILES string of the molecule is N#Cc1cnn2c(-c3cc(NC4CCOCC4)c(-c4nnc(C5CC6CCC(C5)O6)s4)cn3)ccc2c1. The van der Waals surface area contributed by atoms with Crippen LogP contribution < -0.4 is 5.32 Å². The van der Waals surface area contributed by atoms with Gasteiger partial charge in [-0.3, -0.25) is 4.98 Å². The van der Waals surface area contributed by atoms with Gasteiger partial charge in [-0.05, 0) is 62.8 Å². The van der Waals surface area contributed by atoms with Gasteiger partial charge >= 0.3 is 0 Å². The summed E-state index contributed by atoms with van der Waals surface area (Å²) in [6.45, 7) is 1.52. The van der Waals surface area contributed by atoms with E-state index < -0.39 is 0 Å². The maximum atomic E-state index is 9.22. The van der Waals surface area contributed by atoms with E-state index in [1.807, 2.05) is 28.9 Å². The maximum absolute atomic E-state index is 9.22. The second-order valence-corrected chi connectivity index (χ2v) is 11.1. The van der Waals surface area contributed by atoms with E-state index >= 15 is 0 Å². The molecule has 10 heteroatoms. The summed E-state index contributed by atoms with van der Waals surface area (Å²) < 4.78 is 13.4. The highest BCUT2D eigenvalue weighted by Gasteiger charge is 2.37. The van der Waals surface area contributed by atoms with Crippen molar-refractivity contribution in [1.82, 2.24) is 24.8 Å². The second kappa shape index (κ2) is 9.49. The number of hydrogen-bond acceptors (Lipinski definition) is 9. The van der Waals surface area contributed by atoms with Gasteiger partial charge in [-0.15, -0.1) is 10.2 Å². The van der Waals surface area contributed by atoms with E-state index in [9.17, 15) is 5.26 Å². The normalized spacial score (nSPS) is 23.8. The molecular weight excluding hydrogens is 486 g/mol. The van der Waals surface area contributed by atoms with Crippen molar-refractivity contribution in [2.24, 2.45) is 0 Å². The molecule has 0 aliphatic carbocycles. The fraction of sp³-hybridized carbons (Fsp3) is 0.444. The molecule has 4 aromatic rings. The predicted molar refractivity (Wildman–Crippen MR) is 139 cm³/mol. The van der Waals surface area contributed by atoms with Crippen LogP contribution in [0.3, 0.4) is 0 Å². The maximum Gasteiger partial charge on any atom is 0.151 e. The number of fused-ring (bicyclic) bond motifs is 3. The highest BCUT2D eigenvalue weighted by atomic mass is 32.1. The minimum Gasteiger partial charge on any atom is -0.381 e. The number of ether oxygens (including phenoxy) is 2. The topological polar surface area (TPSA) is 110 Å². The zero-order valence-electron chi connectivity index (χ0n) is 20.3. The Morgan fingerprint density at radius 3 is 2.68 bits per heavy atom. The lowest BCUT2D eigenvalue weighted by atomic mass is 9.96. The molecule has 1 N–H and O–H groups in total. The number of nitrogens with zero attached hydrogens (tertiary/aromatic N) is 6. The molecule has 0 radical (unpaired) electrons. The summed E-state index contributed by atoms with van der Waals surface area (Å²) in [5.74, 6) is 0.424. The number of nitrogens with one attached hydrogen (secondary N) is 1. The Kier molecular flexibility index (Phi) is 5.84. The first-order chi connectivity index (χ1) is 18.2. The minimum absolute atomic E-state index is 0.321. The summed E-state index contributed by atoms with van der Waals surface area (Å²) >= 11 is 1.68. The Morgan fingerprint density at radius 1 is 1.03 bits per heavy atom. The quantitative estimate of drug-likeness (QED) is 0.405. The van der Waals surface area contributed by atoms with Gasteiger partial charge < -0.3 is 14.8 Å². The van der Waals surface area contributed by atoms with Gasteiger partial charge in [0, 0.05) is 37.1 Å². The third kappa shape index (κ3) is 4.37. The monoisotopic (exact) mass is 513 g/mol. The molecule has 0 saturated carbocycles. The molecule has 2 atom stereocenters. The van der Waals surface area contributed by atoms with Gasteiger partial charge in [0.25, 0.3) is 0 Å². The smallest absolute Gasteiger partial charge is 0.151 e. The number of nitriles is 1. The minimum atomic E-state index is 0.321. The molecule has 2 unspecified atom stereocenters. The summed E-state index contributed by atoms with van der Waals surface area (Å²) in [5.41, 5.74) is 5.04. The molecule has 3 aliphatic rings. The summed E-state index contributed by atoms with van der Waals surface area (Å²) in [7, 11) is 0. The third-order valence-corrected chi connectivity index (χ3v) is 8.81. The zero-order valence-corrected chi connectivity index (χ0v) is 21.2. The summed E-state index contributed by atoms with van der Waals surface area (Å²) in [6.07, 6.45) is 10.5. The summed E-state index contributed by atoms with van der Waals surface area (Å²) in [6, 6.07) is 10.3. The molecular formula is C27H27N7O2S. The van der Waals surface area contributed by atoms with Crippen LogP contribution in [0.5, 0.6) is 0 Å². The molecule has 3 saturated heterocycles. The largest absolute Gasteiger partial charge is 0.381 e. The van der Waals surface area contributed by atoms with E-state index in [1.165, 1.54) is 12.8 Å². The molecule has 0 amide bonds. The standard InChI is InChI=1S/C27H27N7O2S/c28-13-16-9-19-1-4-25(34(19)30-14-16)24-12-23(31-18-5-7-35-8-6-18)22(15-29-24)27-33-32-26(37-27)17-10-20-2-3-21(11-17)36-20/h1,4,9,12,14-15,17-18,20-21H,2-3,5-8,10-11H2,(H,29,31). The number of aromatic nitrogens is 5. The van der Waals surface area contributed by atoms with Gasteiger partial charge in [0.2, 0.25) is 0 Å². The molecule has 2 bridgehead atoms. The lowest BCUT2D eigenvalue weighted by molar-refractivity contribution is -0.00391. The first kappa shape index (κ1) is 22.8. The Bertz CT molecular complexity index is 1470. The third-order valence-electron chi connectivity index (χ3n) is 7.69. The molecule has 0 spiro atoms. The second-order valence-electron chi connectivity index (χ2n) is 10.1. The highest BCUT2D eigenvalue weighted by Crippen LogP contribution is 2.43. The molecule has 7 heterocycles. The fourth-order valence-corrected chi connectivity index (χ4v) is 6.76. The van der Waals surface area contributed by atoms with Crippen molar-refractivity contribution < 1.29 is 9.47 Å². The van der Waals surface area contributed by atoms with Crippen LogP contribution in [0.25, 0.3) is 27.5 Å². The molecule has 4 aromatic heterocycles. The Morgan fingerprint density at radius 2 is 1.86 bits per heavy atom. The Hall–Kier alpha value is -3.39.